The highest BCUT2D eigenvalue weighted by Gasteiger charge is 2.19. The number of rotatable bonds is 13. The summed E-state index contributed by atoms with van der Waals surface area (Å²) in [5.41, 5.74) is 6.07. The maximum atomic E-state index is 12.1. The summed E-state index contributed by atoms with van der Waals surface area (Å²) in [5, 5.41) is 14.8. The first-order valence-corrected chi connectivity index (χ1v) is 15.5. The minimum absolute atomic E-state index is 0.176. The van der Waals surface area contributed by atoms with Gasteiger partial charge in [-0.2, -0.15) is 5.10 Å². The van der Waals surface area contributed by atoms with Crippen LogP contribution < -0.4 is 9.47 Å². The van der Waals surface area contributed by atoms with Crippen molar-refractivity contribution >= 4 is 11.6 Å². The molecule has 0 aliphatic rings. The van der Waals surface area contributed by atoms with Gasteiger partial charge in [-0.15, -0.1) is 5.92 Å². The molecular weight excluding hydrogens is 566 g/mol. The number of carbonyl (C=O) groups excluding carboxylic acids is 1. The minimum Gasteiger partial charge on any atom is -0.493 e. The molecule has 8 nitrogen and oxygen atoms in total. The number of carbonyl (C=O) groups is 1. The summed E-state index contributed by atoms with van der Waals surface area (Å²) in [6, 6.07) is 13.9. The van der Waals surface area contributed by atoms with Gasteiger partial charge in [0.2, 0.25) is 0 Å². The fourth-order valence-electron chi connectivity index (χ4n) is 5.19. The lowest BCUT2D eigenvalue weighted by Crippen LogP contribution is -2.21. The number of ether oxygens (including phenoxy) is 3. The normalized spacial score (nSPS) is 12.1. The van der Waals surface area contributed by atoms with Gasteiger partial charge in [-0.25, -0.2) is 9.50 Å². The van der Waals surface area contributed by atoms with Gasteiger partial charge in [0.05, 0.1) is 31.2 Å². The van der Waals surface area contributed by atoms with Gasteiger partial charge in [0, 0.05) is 29.7 Å². The predicted molar refractivity (Wildman–Crippen MR) is 177 cm³/mol. The summed E-state index contributed by atoms with van der Waals surface area (Å²) in [5.74, 6) is 7.98. The molecule has 0 saturated heterocycles. The summed E-state index contributed by atoms with van der Waals surface area (Å²) < 4.78 is 19.2. The van der Waals surface area contributed by atoms with Crippen molar-refractivity contribution in [2.45, 2.75) is 92.3 Å². The van der Waals surface area contributed by atoms with E-state index in [1.807, 2.05) is 47.1 Å². The Kier molecular flexibility index (Phi) is 10.9. The van der Waals surface area contributed by atoms with Gasteiger partial charge in [-0.3, -0.25) is 4.79 Å². The SMILES string of the molecule is CC#CC(CC(=O)OCC)c1ccc(OCc2cc(-c3c(C)cc(OCCC(C)(C)O)cc3C)c3nc(C(C)C)nn3c2)cc1. The average Bonchev–Trinajstić information content (AvgIpc) is 3.40. The molecule has 0 saturated carbocycles. The highest BCUT2D eigenvalue weighted by atomic mass is 16.5. The highest BCUT2D eigenvalue weighted by molar-refractivity contribution is 5.82. The van der Waals surface area contributed by atoms with Crippen LogP contribution >= 0.6 is 0 Å². The quantitative estimate of drug-likeness (QED) is 0.125. The van der Waals surface area contributed by atoms with E-state index < -0.39 is 5.60 Å². The number of aromatic nitrogens is 3. The number of fused-ring (bicyclic) bond motifs is 1. The second kappa shape index (κ2) is 14.6. The molecule has 8 heteroatoms. The van der Waals surface area contributed by atoms with Crippen LogP contribution in [0.5, 0.6) is 11.5 Å². The fourth-order valence-corrected chi connectivity index (χ4v) is 5.19. The van der Waals surface area contributed by atoms with Crippen molar-refractivity contribution in [1.82, 2.24) is 14.6 Å². The summed E-state index contributed by atoms with van der Waals surface area (Å²) in [4.78, 5) is 17.0. The smallest absolute Gasteiger partial charge is 0.307 e. The molecule has 0 aliphatic carbocycles. The topological polar surface area (TPSA) is 95.2 Å². The molecule has 0 bridgehead atoms. The minimum atomic E-state index is -0.780. The number of benzene rings is 2. The molecule has 0 spiro atoms. The second-order valence-electron chi connectivity index (χ2n) is 12.3. The van der Waals surface area contributed by atoms with Crippen molar-refractivity contribution < 1.29 is 24.1 Å². The van der Waals surface area contributed by atoms with E-state index in [1.165, 1.54) is 0 Å². The molecule has 0 amide bonds. The van der Waals surface area contributed by atoms with Crippen LogP contribution in [0, 0.1) is 25.7 Å². The fraction of sp³-hybridized carbons (Fsp3) is 0.432. The number of hydrogen-bond donors (Lipinski definition) is 1. The first-order valence-electron chi connectivity index (χ1n) is 15.5. The van der Waals surface area contributed by atoms with Crippen molar-refractivity contribution in [3.8, 4) is 34.5 Å². The van der Waals surface area contributed by atoms with E-state index in [4.69, 9.17) is 24.3 Å². The molecule has 0 fully saturated rings. The molecule has 0 aliphatic heterocycles. The molecule has 4 rings (SSSR count). The van der Waals surface area contributed by atoms with Crippen molar-refractivity contribution in [1.29, 1.82) is 0 Å². The Bertz CT molecular complexity index is 1660. The first kappa shape index (κ1) is 33.5. The number of aryl methyl sites for hydroxylation is 2. The van der Waals surface area contributed by atoms with E-state index in [9.17, 15) is 9.90 Å². The molecule has 1 N–H and O–H groups in total. The average molecular weight is 612 g/mol. The zero-order valence-corrected chi connectivity index (χ0v) is 27.7. The molecule has 2 heterocycles. The van der Waals surface area contributed by atoms with Crippen LogP contribution in [0.4, 0.5) is 0 Å². The van der Waals surface area contributed by atoms with Crippen molar-refractivity contribution in [3.63, 3.8) is 0 Å². The molecule has 1 unspecified atom stereocenters. The van der Waals surface area contributed by atoms with Crippen LogP contribution in [0.2, 0.25) is 0 Å². The van der Waals surface area contributed by atoms with E-state index in [-0.39, 0.29) is 24.2 Å². The lowest BCUT2D eigenvalue weighted by Gasteiger charge is -2.19. The van der Waals surface area contributed by atoms with Crippen LogP contribution in [0.15, 0.2) is 48.7 Å². The Labute approximate surface area is 266 Å². The molecule has 45 heavy (non-hydrogen) atoms. The molecule has 238 valence electrons. The second-order valence-corrected chi connectivity index (χ2v) is 12.3. The summed E-state index contributed by atoms with van der Waals surface area (Å²) in [6.07, 6.45) is 2.72. The zero-order valence-electron chi connectivity index (χ0n) is 27.7. The maximum absolute atomic E-state index is 12.1. The van der Waals surface area contributed by atoms with Crippen LogP contribution in [-0.4, -0.2) is 44.5 Å². The van der Waals surface area contributed by atoms with Gasteiger partial charge in [0.1, 0.15) is 18.1 Å². The van der Waals surface area contributed by atoms with E-state index in [2.05, 4.69) is 45.6 Å². The number of esters is 1. The Hall–Kier alpha value is -4.35. The molecule has 4 aromatic rings. The van der Waals surface area contributed by atoms with Crippen molar-refractivity contribution in [3.05, 3.63) is 76.7 Å². The third kappa shape index (κ3) is 8.86. The lowest BCUT2D eigenvalue weighted by molar-refractivity contribution is -0.143. The van der Waals surface area contributed by atoms with Crippen LogP contribution in [-0.2, 0) is 16.1 Å². The van der Waals surface area contributed by atoms with E-state index in [0.29, 0.717) is 32.0 Å². The molecule has 2 aromatic heterocycles. The van der Waals surface area contributed by atoms with E-state index >= 15 is 0 Å². The van der Waals surface area contributed by atoms with Gasteiger partial charge < -0.3 is 19.3 Å². The van der Waals surface area contributed by atoms with Crippen LogP contribution in [0.25, 0.3) is 16.8 Å². The van der Waals surface area contributed by atoms with Gasteiger partial charge in [0.15, 0.2) is 11.5 Å². The zero-order chi connectivity index (χ0) is 32.7. The van der Waals surface area contributed by atoms with Gasteiger partial charge in [-0.05, 0) is 94.1 Å². The Morgan fingerprint density at radius 3 is 2.33 bits per heavy atom. The largest absolute Gasteiger partial charge is 0.493 e. The van der Waals surface area contributed by atoms with Crippen molar-refractivity contribution in [2.75, 3.05) is 13.2 Å². The maximum Gasteiger partial charge on any atom is 0.307 e. The summed E-state index contributed by atoms with van der Waals surface area (Å²) >= 11 is 0. The van der Waals surface area contributed by atoms with Crippen LogP contribution in [0.1, 0.15) is 94.3 Å². The van der Waals surface area contributed by atoms with E-state index in [1.54, 1.807) is 27.7 Å². The van der Waals surface area contributed by atoms with E-state index in [0.717, 1.165) is 50.6 Å². The first-order chi connectivity index (χ1) is 21.4. The molecule has 2 aromatic carbocycles. The number of pyridine rings is 1. The Morgan fingerprint density at radius 1 is 1.04 bits per heavy atom. The van der Waals surface area contributed by atoms with Gasteiger partial charge in [-0.1, -0.05) is 31.9 Å². The van der Waals surface area contributed by atoms with Crippen molar-refractivity contribution in [2.24, 2.45) is 0 Å². The predicted octanol–water partition coefficient (Wildman–Crippen LogP) is 7.32. The number of hydrogen-bond acceptors (Lipinski definition) is 7. The monoisotopic (exact) mass is 611 g/mol. The summed E-state index contributed by atoms with van der Waals surface area (Å²) in [6.45, 7) is 16.6. The molecule has 0 radical (unpaired) electrons. The van der Waals surface area contributed by atoms with Gasteiger partial charge in [0.25, 0.3) is 0 Å². The van der Waals surface area contributed by atoms with Gasteiger partial charge >= 0.3 is 5.97 Å². The summed E-state index contributed by atoms with van der Waals surface area (Å²) in [7, 11) is 0. The standard InChI is InChI=1S/C37H45N3O5/c1-9-11-29(21-33(41)43-10-2)28-12-14-30(15-13-28)45-23-27-20-32(36-38-35(24(3)4)39-40(36)22-27)34-25(5)18-31(19-26(34)6)44-17-16-37(7,8)42/h12-15,18-20,22,24,29,42H,10,16-17,21,23H2,1-8H3. The highest BCUT2D eigenvalue weighted by Crippen LogP contribution is 2.35. The lowest BCUT2D eigenvalue weighted by atomic mass is 9.95. The molecular formula is C37H45N3O5. The Morgan fingerprint density at radius 2 is 1.73 bits per heavy atom. The number of aliphatic hydroxyl groups is 1. The number of nitrogens with zero attached hydrogens (tertiary/aromatic N) is 3. The van der Waals surface area contributed by atoms with Crippen LogP contribution in [0.3, 0.4) is 0 Å². The molecule has 1 atom stereocenters. The third-order valence-electron chi connectivity index (χ3n) is 7.46. The Balaban J connectivity index is 1.60. The third-order valence-corrected chi connectivity index (χ3v) is 7.46.